The first kappa shape index (κ1) is 17.7. The number of imidazole rings is 1. The molecule has 5 nitrogen and oxygen atoms in total. The summed E-state index contributed by atoms with van der Waals surface area (Å²) in [5.74, 6) is 0.270. The van der Waals surface area contributed by atoms with Crippen LogP contribution in [-0.4, -0.2) is 26.0 Å². The van der Waals surface area contributed by atoms with Crippen LogP contribution in [0, 0.1) is 0 Å². The summed E-state index contributed by atoms with van der Waals surface area (Å²) < 4.78 is 2.05. The number of thioether (sulfide) groups is 1. The predicted molar refractivity (Wildman–Crippen MR) is 117 cm³/mol. The molecule has 5 rings (SSSR count). The highest BCUT2D eigenvalue weighted by Gasteiger charge is 2.15. The minimum atomic E-state index is -0.0219. The minimum Gasteiger partial charge on any atom is -0.351 e. The summed E-state index contributed by atoms with van der Waals surface area (Å²) in [5.41, 5.74) is 4.73. The second-order valence-electron chi connectivity index (χ2n) is 6.72. The van der Waals surface area contributed by atoms with Gasteiger partial charge >= 0.3 is 0 Å². The molecule has 0 saturated carbocycles. The van der Waals surface area contributed by atoms with Gasteiger partial charge in [0.1, 0.15) is 5.65 Å². The molecular weight excluding hydrogens is 380 g/mol. The van der Waals surface area contributed by atoms with Crippen LogP contribution in [0.15, 0.2) is 84.0 Å². The van der Waals surface area contributed by atoms with Crippen LogP contribution in [0.5, 0.6) is 0 Å². The van der Waals surface area contributed by atoms with Gasteiger partial charge in [-0.25, -0.2) is 9.97 Å². The summed E-state index contributed by atoms with van der Waals surface area (Å²) in [6, 6.07) is 25.9. The Labute approximate surface area is 171 Å². The number of hydrogen-bond acceptors (Lipinski definition) is 4. The van der Waals surface area contributed by atoms with Crippen molar-refractivity contribution in [2.75, 3.05) is 5.75 Å². The lowest BCUT2D eigenvalue weighted by molar-refractivity contribution is -0.118. The Bertz CT molecular complexity index is 1330. The first-order chi connectivity index (χ1) is 14.3. The van der Waals surface area contributed by atoms with E-state index in [0.29, 0.717) is 12.3 Å². The van der Waals surface area contributed by atoms with E-state index in [2.05, 4.69) is 5.32 Å². The van der Waals surface area contributed by atoms with Crippen LogP contribution < -0.4 is 5.32 Å². The maximum atomic E-state index is 12.4. The first-order valence-corrected chi connectivity index (χ1v) is 10.4. The Hall–Kier alpha value is -3.38. The topological polar surface area (TPSA) is 59.3 Å². The van der Waals surface area contributed by atoms with Gasteiger partial charge in [-0.15, -0.1) is 0 Å². The second-order valence-corrected chi connectivity index (χ2v) is 7.66. The highest BCUT2D eigenvalue weighted by atomic mass is 32.2. The molecule has 0 atom stereocenters. The molecule has 0 radical (unpaired) electrons. The summed E-state index contributed by atoms with van der Waals surface area (Å²) in [6.45, 7) is 0.523. The maximum absolute atomic E-state index is 12.4. The van der Waals surface area contributed by atoms with Crippen LogP contribution in [0.2, 0.25) is 0 Å². The lowest BCUT2D eigenvalue weighted by Gasteiger charge is -2.09. The molecule has 6 heteroatoms. The van der Waals surface area contributed by atoms with Gasteiger partial charge in [-0.05, 0) is 29.8 Å². The summed E-state index contributed by atoms with van der Waals surface area (Å²) in [5, 5.41) is 4.74. The molecule has 1 N–H and O–H groups in total. The molecule has 5 aromatic rings. The third kappa shape index (κ3) is 3.43. The zero-order chi connectivity index (χ0) is 19.6. The lowest BCUT2D eigenvalue weighted by atomic mass is 10.2. The Morgan fingerprint density at radius 2 is 1.59 bits per heavy atom. The Kier molecular flexibility index (Phi) is 4.62. The lowest BCUT2D eigenvalue weighted by Crippen LogP contribution is -2.24. The SMILES string of the molecule is O=C(CSc1nc2ccccc2c2nc3ccccc3n12)NCc1ccccc1. The summed E-state index contributed by atoms with van der Waals surface area (Å²) >= 11 is 1.43. The van der Waals surface area contributed by atoms with Crippen LogP contribution in [0.4, 0.5) is 0 Å². The van der Waals surface area contributed by atoms with Crippen molar-refractivity contribution in [3.8, 4) is 0 Å². The van der Waals surface area contributed by atoms with Crippen LogP contribution in [0.3, 0.4) is 0 Å². The third-order valence-electron chi connectivity index (χ3n) is 4.78. The molecule has 0 saturated heterocycles. The fraction of sp³-hybridized carbons (Fsp3) is 0.0870. The number of para-hydroxylation sites is 3. The molecule has 29 heavy (non-hydrogen) atoms. The number of rotatable bonds is 5. The molecule has 142 valence electrons. The molecule has 1 amide bonds. The van der Waals surface area contributed by atoms with Gasteiger partial charge < -0.3 is 5.32 Å². The molecule has 0 spiro atoms. The number of aromatic nitrogens is 3. The van der Waals surface area contributed by atoms with Gasteiger partial charge in [0.15, 0.2) is 5.16 Å². The van der Waals surface area contributed by atoms with Crippen LogP contribution >= 0.6 is 11.8 Å². The van der Waals surface area contributed by atoms with E-state index in [1.54, 1.807) is 0 Å². The van der Waals surface area contributed by atoms with Gasteiger partial charge in [-0.2, -0.15) is 0 Å². The van der Waals surface area contributed by atoms with Crippen molar-refractivity contribution in [2.45, 2.75) is 11.7 Å². The van der Waals surface area contributed by atoms with Crippen LogP contribution in [0.1, 0.15) is 5.56 Å². The number of benzene rings is 3. The van der Waals surface area contributed by atoms with Crippen molar-refractivity contribution >= 4 is 45.3 Å². The van der Waals surface area contributed by atoms with Crippen LogP contribution in [0.25, 0.3) is 27.6 Å². The Balaban J connectivity index is 1.46. The molecule has 2 aromatic heterocycles. The average Bonchev–Trinajstić information content (AvgIpc) is 3.17. The highest BCUT2D eigenvalue weighted by Crippen LogP contribution is 2.28. The van der Waals surface area contributed by atoms with E-state index >= 15 is 0 Å². The van der Waals surface area contributed by atoms with Crippen molar-refractivity contribution in [1.29, 1.82) is 0 Å². The van der Waals surface area contributed by atoms with E-state index in [1.165, 1.54) is 11.8 Å². The third-order valence-corrected chi connectivity index (χ3v) is 5.72. The van der Waals surface area contributed by atoms with E-state index < -0.39 is 0 Å². The smallest absolute Gasteiger partial charge is 0.230 e. The van der Waals surface area contributed by atoms with E-state index in [4.69, 9.17) is 9.97 Å². The Morgan fingerprint density at radius 3 is 2.45 bits per heavy atom. The van der Waals surface area contributed by atoms with Gasteiger partial charge in [0.2, 0.25) is 5.91 Å². The molecule has 3 aromatic carbocycles. The zero-order valence-electron chi connectivity index (χ0n) is 15.6. The molecule has 0 aliphatic heterocycles. The number of hydrogen-bond donors (Lipinski definition) is 1. The standard InChI is InChI=1S/C23H18N4OS/c28-21(24-14-16-8-2-1-3-9-16)15-29-23-26-18-11-5-4-10-17(18)22-25-19-12-6-7-13-20(19)27(22)23/h1-13H,14-15H2,(H,24,28). The van der Waals surface area contributed by atoms with E-state index in [1.807, 2.05) is 83.3 Å². The largest absolute Gasteiger partial charge is 0.351 e. The minimum absolute atomic E-state index is 0.0219. The van der Waals surface area contributed by atoms with Crippen molar-refractivity contribution in [2.24, 2.45) is 0 Å². The fourth-order valence-electron chi connectivity index (χ4n) is 3.39. The first-order valence-electron chi connectivity index (χ1n) is 9.39. The highest BCUT2D eigenvalue weighted by molar-refractivity contribution is 7.99. The fourth-order valence-corrected chi connectivity index (χ4v) is 4.23. The number of carbonyl (C=O) groups is 1. The average molecular weight is 398 g/mol. The van der Waals surface area contributed by atoms with E-state index in [-0.39, 0.29) is 5.91 Å². The summed E-state index contributed by atoms with van der Waals surface area (Å²) in [7, 11) is 0. The van der Waals surface area contributed by atoms with Gasteiger partial charge in [0, 0.05) is 11.9 Å². The van der Waals surface area contributed by atoms with Crippen molar-refractivity contribution < 1.29 is 4.79 Å². The normalized spacial score (nSPS) is 11.3. The second kappa shape index (κ2) is 7.56. The molecule has 0 bridgehead atoms. The van der Waals surface area contributed by atoms with Crippen molar-refractivity contribution in [3.63, 3.8) is 0 Å². The van der Waals surface area contributed by atoms with E-state index in [0.717, 1.165) is 38.3 Å². The number of fused-ring (bicyclic) bond motifs is 5. The van der Waals surface area contributed by atoms with Gasteiger partial charge in [-0.1, -0.05) is 66.4 Å². The van der Waals surface area contributed by atoms with Crippen molar-refractivity contribution in [1.82, 2.24) is 19.7 Å². The molecule has 0 fully saturated rings. The molecule has 0 aliphatic rings. The van der Waals surface area contributed by atoms with Crippen molar-refractivity contribution in [3.05, 3.63) is 84.4 Å². The quantitative estimate of drug-likeness (QED) is 0.351. The van der Waals surface area contributed by atoms with E-state index in [9.17, 15) is 4.79 Å². The predicted octanol–water partition coefficient (Wildman–Crippen LogP) is 4.44. The molecular formula is C23H18N4OS. The number of carbonyl (C=O) groups excluding carboxylic acids is 1. The summed E-state index contributed by atoms with van der Waals surface area (Å²) in [6.07, 6.45) is 0. The van der Waals surface area contributed by atoms with Gasteiger partial charge in [0.05, 0.1) is 22.3 Å². The van der Waals surface area contributed by atoms with Crippen LogP contribution in [-0.2, 0) is 11.3 Å². The monoisotopic (exact) mass is 398 g/mol. The maximum Gasteiger partial charge on any atom is 0.230 e. The van der Waals surface area contributed by atoms with Gasteiger partial charge in [0.25, 0.3) is 0 Å². The number of nitrogens with one attached hydrogen (secondary N) is 1. The van der Waals surface area contributed by atoms with Gasteiger partial charge in [-0.3, -0.25) is 9.20 Å². The number of amides is 1. The molecule has 0 unspecified atom stereocenters. The Morgan fingerprint density at radius 1 is 0.862 bits per heavy atom. The summed E-state index contributed by atoms with van der Waals surface area (Å²) in [4.78, 5) is 22.0. The zero-order valence-corrected chi connectivity index (χ0v) is 16.4. The molecule has 2 heterocycles. The number of nitrogens with zero attached hydrogens (tertiary/aromatic N) is 3. The molecule has 0 aliphatic carbocycles.